The topological polar surface area (TPSA) is 52.3 Å². The molecular formula is C8H17NO2S. The third-order valence-electron chi connectivity index (χ3n) is 1.74. The molecule has 0 aliphatic heterocycles. The Kier molecular flexibility index (Phi) is 5.33. The summed E-state index contributed by atoms with van der Waals surface area (Å²) < 4.78 is 5.05. The minimum atomic E-state index is -0.602. The van der Waals surface area contributed by atoms with E-state index in [1.807, 2.05) is 20.8 Å². The Morgan fingerprint density at radius 2 is 2.00 bits per heavy atom. The normalized spacial score (nSPS) is 15.8. The number of carbonyl (C=O) groups excluding carboxylic acids is 1. The molecule has 0 fully saturated rings. The molecule has 0 aromatic heterocycles. The molecular weight excluding hydrogens is 174 g/mol. The summed E-state index contributed by atoms with van der Waals surface area (Å²) in [5.74, 6) is 0.274. The summed E-state index contributed by atoms with van der Waals surface area (Å²) in [6.45, 7) is 5.84. The van der Waals surface area contributed by atoms with E-state index in [2.05, 4.69) is 12.6 Å². The van der Waals surface area contributed by atoms with Crippen LogP contribution in [0, 0.1) is 5.92 Å². The van der Waals surface area contributed by atoms with E-state index in [-0.39, 0.29) is 12.1 Å². The first-order valence-corrected chi connectivity index (χ1v) is 4.69. The highest BCUT2D eigenvalue weighted by Gasteiger charge is 2.17. The first-order valence-electron chi connectivity index (χ1n) is 4.06. The average Bonchev–Trinajstić information content (AvgIpc) is 2.02. The zero-order valence-electron chi connectivity index (χ0n) is 7.78. The summed E-state index contributed by atoms with van der Waals surface area (Å²) in [5, 5.41) is 0. The molecule has 3 nitrogen and oxygen atoms in total. The predicted octanol–water partition coefficient (Wildman–Crippen LogP) is 0.831. The van der Waals surface area contributed by atoms with Gasteiger partial charge in [0.2, 0.25) is 0 Å². The quantitative estimate of drug-likeness (QED) is 0.511. The summed E-state index contributed by atoms with van der Waals surface area (Å²) in [4.78, 5) is 11.1. The molecule has 12 heavy (non-hydrogen) atoms. The molecule has 2 atom stereocenters. The van der Waals surface area contributed by atoms with E-state index in [0.29, 0.717) is 11.7 Å². The van der Waals surface area contributed by atoms with E-state index in [9.17, 15) is 4.79 Å². The van der Waals surface area contributed by atoms with Crippen molar-refractivity contribution in [2.24, 2.45) is 11.7 Å². The lowest BCUT2D eigenvalue weighted by Crippen LogP contribution is -2.36. The van der Waals surface area contributed by atoms with Crippen LogP contribution in [-0.2, 0) is 9.53 Å². The molecule has 0 aliphatic carbocycles. The summed E-state index contributed by atoms with van der Waals surface area (Å²) >= 11 is 3.90. The van der Waals surface area contributed by atoms with Crippen LogP contribution in [0.2, 0.25) is 0 Å². The summed E-state index contributed by atoms with van der Waals surface area (Å²) in [7, 11) is 0. The molecule has 0 rings (SSSR count). The zero-order valence-corrected chi connectivity index (χ0v) is 8.67. The second kappa shape index (κ2) is 5.43. The maximum absolute atomic E-state index is 11.1. The van der Waals surface area contributed by atoms with Gasteiger partial charge in [-0.2, -0.15) is 12.6 Å². The monoisotopic (exact) mass is 191 g/mol. The maximum Gasteiger partial charge on any atom is 0.324 e. The molecule has 0 aliphatic rings. The standard InChI is InChI=1S/C8H17NO2S/c1-5(2)6(3)11-8(10)7(9)4-12/h5-7,12H,4,9H2,1-3H3/t6?,7-/m0/s1. The highest BCUT2D eigenvalue weighted by molar-refractivity contribution is 7.80. The molecule has 0 amide bonds. The van der Waals surface area contributed by atoms with Gasteiger partial charge in [-0.25, -0.2) is 0 Å². The number of thiol groups is 1. The third-order valence-corrected chi connectivity index (χ3v) is 2.13. The van der Waals surface area contributed by atoms with E-state index in [1.54, 1.807) is 0 Å². The Balaban J connectivity index is 3.84. The lowest BCUT2D eigenvalue weighted by Gasteiger charge is -2.18. The highest BCUT2D eigenvalue weighted by Crippen LogP contribution is 2.06. The van der Waals surface area contributed by atoms with E-state index in [1.165, 1.54) is 0 Å². The second-order valence-corrected chi connectivity index (χ2v) is 3.54. The molecule has 0 spiro atoms. The fraction of sp³-hybridized carbons (Fsp3) is 0.875. The van der Waals surface area contributed by atoms with Gasteiger partial charge in [0, 0.05) is 5.75 Å². The van der Waals surface area contributed by atoms with Crippen molar-refractivity contribution < 1.29 is 9.53 Å². The number of hydrogen-bond acceptors (Lipinski definition) is 4. The van der Waals surface area contributed by atoms with Crippen LogP contribution in [-0.4, -0.2) is 23.9 Å². The molecule has 0 aromatic carbocycles. The van der Waals surface area contributed by atoms with Gasteiger partial charge in [0.25, 0.3) is 0 Å². The van der Waals surface area contributed by atoms with Gasteiger partial charge in [0.15, 0.2) is 0 Å². The smallest absolute Gasteiger partial charge is 0.324 e. The molecule has 0 saturated heterocycles. The summed E-state index contributed by atoms with van der Waals surface area (Å²) in [6.07, 6.45) is -0.0802. The van der Waals surface area contributed by atoms with Crippen molar-refractivity contribution in [3.8, 4) is 0 Å². The molecule has 2 N–H and O–H groups in total. The number of esters is 1. The van der Waals surface area contributed by atoms with Gasteiger partial charge < -0.3 is 10.5 Å². The minimum Gasteiger partial charge on any atom is -0.461 e. The largest absolute Gasteiger partial charge is 0.461 e. The molecule has 4 heteroatoms. The third kappa shape index (κ3) is 3.97. The Morgan fingerprint density at radius 3 is 2.33 bits per heavy atom. The molecule has 0 heterocycles. The molecule has 72 valence electrons. The Hall–Kier alpha value is -0.220. The van der Waals surface area contributed by atoms with Crippen molar-refractivity contribution in [1.29, 1.82) is 0 Å². The van der Waals surface area contributed by atoms with Gasteiger partial charge in [-0.15, -0.1) is 0 Å². The maximum atomic E-state index is 11.1. The minimum absolute atomic E-state index is 0.0802. The van der Waals surface area contributed by atoms with Crippen LogP contribution < -0.4 is 5.73 Å². The van der Waals surface area contributed by atoms with Gasteiger partial charge in [-0.3, -0.25) is 4.79 Å². The number of carbonyl (C=O) groups is 1. The van der Waals surface area contributed by atoms with Gasteiger partial charge in [0.1, 0.15) is 12.1 Å². The Labute approximate surface area is 79.1 Å². The second-order valence-electron chi connectivity index (χ2n) is 3.18. The summed E-state index contributed by atoms with van der Waals surface area (Å²) in [6, 6.07) is -0.602. The van der Waals surface area contributed by atoms with Gasteiger partial charge in [-0.1, -0.05) is 13.8 Å². The van der Waals surface area contributed by atoms with Crippen molar-refractivity contribution in [1.82, 2.24) is 0 Å². The van der Waals surface area contributed by atoms with Crippen LogP contribution in [0.5, 0.6) is 0 Å². The van der Waals surface area contributed by atoms with Gasteiger partial charge in [-0.05, 0) is 12.8 Å². The number of hydrogen-bond donors (Lipinski definition) is 2. The van der Waals surface area contributed by atoms with Crippen LogP contribution in [0.25, 0.3) is 0 Å². The average molecular weight is 191 g/mol. The number of rotatable bonds is 4. The number of ether oxygens (including phenoxy) is 1. The van der Waals surface area contributed by atoms with Crippen molar-refractivity contribution in [3.63, 3.8) is 0 Å². The molecule has 0 saturated carbocycles. The van der Waals surface area contributed by atoms with E-state index >= 15 is 0 Å². The Bertz CT molecular complexity index is 150. The molecule has 0 radical (unpaired) electrons. The molecule has 1 unspecified atom stereocenters. The fourth-order valence-electron chi connectivity index (χ4n) is 0.481. The van der Waals surface area contributed by atoms with E-state index in [0.717, 1.165) is 0 Å². The number of nitrogens with two attached hydrogens (primary N) is 1. The van der Waals surface area contributed by atoms with Crippen molar-refractivity contribution >= 4 is 18.6 Å². The predicted molar refractivity (Wildman–Crippen MR) is 52.2 cm³/mol. The first kappa shape index (κ1) is 11.8. The zero-order chi connectivity index (χ0) is 9.72. The first-order chi connectivity index (χ1) is 5.49. The van der Waals surface area contributed by atoms with Crippen molar-refractivity contribution in [2.45, 2.75) is 32.9 Å². The van der Waals surface area contributed by atoms with Crippen molar-refractivity contribution in [2.75, 3.05) is 5.75 Å². The van der Waals surface area contributed by atoms with Crippen LogP contribution >= 0.6 is 12.6 Å². The summed E-state index contributed by atoms with van der Waals surface area (Å²) in [5.41, 5.74) is 5.41. The van der Waals surface area contributed by atoms with Crippen LogP contribution in [0.3, 0.4) is 0 Å². The Morgan fingerprint density at radius 1 is 1.50 bits per heavy atom. The fourth-order valence-corrected chi connectivity index (χ4v) is 0.630. The van der Waals surface area contributed by atoms with Crippen molar-refractivity contribution in [3.05, 3.63) is 0 Å². The van der Waals surface area contributed by atoms with Crippen LogP contribution in [0.1, 0.15) is 20.8 Å². The van der Waals surface area contributed by atoms with Gasteiger partial charge in [0.05, 0.1) is 0 Å². The van der Waals surface area contributed by atoms with Crippen LogP contribution in [0.4, 0.5) is 0 Å². The lowest BCUT2D eigenvalue weighted by atomic mass is 10.1. The highest BCUT2D eigenvalue weighted by atomic mass is 32.1. The van der Waals surface area contributed by atoms with E-state index in [4.69, 9.17) is 10.5 Å². The lowest BCUT2D eigenvalue weighted by molar-refractivity contribution is -0.151. The SMILES string of the molecule is CC(C)C(C)OC(=O)[C@@H](N)CS. The molecule has 0 bridgehead atoms. The van der Waals surface area contributed by atoms with Gasteiger partial charge >= 0.3 is 5.97 Å². The van der Waals surface area contributed by atoms with E-state index < -0.39 is 6.04 Å². The molecule has 0 aromatic rings. The van der Waals surface area contributed by atoms with Crippen LogP contribution in [0.15, 0.2) is 0 Å².